The molecule has 1 atom stereocenters. The van der Waals surface area contributed by atoms with Crippen molar-refractivity contribution in [2.45, 2.75) is 11.5 Å². The van der Waals surface area contributed by atoms with Crippen LogP contribution in [-0.4, -0.2) is 45.6 Å². The van der Waals surface area contributed by atoms with E-state index in [1.54, 1.807) is 12.1 Å². The molecule has 0 N–H and O–H groups in total. The fraction of sp³-hybridized carbons (Fsp3) is 0.238. The number of ether oxygens (including phenoxy) is 1. The van der Waals surface area contributed by atoms with E-state index in [2.05, 4.69) is 35.4 Å². The van der Waals surface area contributed by atoms with Crippen molar-refractivity contribution in [3.63, 3.8) is 0 Å². The van der Waals surface area contributed by atoms with E-state index in [1.807, 2.05) is 33.3 Å². The molecule has 0 fully saturated rings. The first-order valence-corrected chi connectivity index (χ1v) is 10.5. The van der Waals surface area contributed by atoms with Gasteiger partial charge in [0.15, 0.2) is 0 Å². The van der Waals surface area contributed by atoms with Crippen LogP contribution in [0.1, 0.15) is 16.7 Å². The van der Waals surface area contributed by atoms with Gasteiger partial charge in [-0.1, -0.05) is 0 Å². The van der Waals surface area contributed by atoms with E-state index in [-0.39, 0.29) is 20.6 Å². The summed E-state index contributed by atoms with van der Waals surface area (Å²) in [5.41, 5.74) is 4.97. The Bertz CT molecular complexity index is 1050. The zero-order valence-corrected chi connectivity index (χ0v) is 17.9. The van der Waals surface area contributed by atoms with Gasteiger partial charge in [-0.15, -0.1) is 0 Å². The summed E-state index contributed by atoms with van der Waals surface area (Å²) in [6.07, 6.45) is 5.57. The molecular formula is C21H21N3O3Se. The number of nitro groups is 1. The van der Waals surface area contributed by atoms with Gasteiger partial charge in [0.05, 0.1) is 0 Å². The molecule has 0 saturated carbocycles. The first kappa shape index (κ1) is 18.6. The normalized spacial score (nSPS) is 19.2. The number of hydrogen-bond acceptors (Lipinski definition) is 5. The quantitative estimate of drug-likeness (QED) is 0.415. The van der Waals surface area contributed by atoms with E-state index < -0.39 is 9.55 Å². The third-order valence-electron chi connectivity index (χ3n) is 5.13. The molecule has 0 aromatic heterocycles. The van der Waals surface area contributed by atoms with Crippen LogP contribution in [0.3, 0.4) is 0 Å². The number of nitrogens with zero attached hydrogens (tertiary/aromatic N) is 3. The predicted octanol–water partition coefficient (Wildman–Crippen LogP) is 3.15. The molecular weight excluding hydrogens is 421 g/mol. The number of non-ortho nitro benzene ring substituents is 1. The molecule has 0 amide bonds. The van der Waals surface area contributed by atoms with E-state index >= 15 is 0 Å². The van der Waals surface area contributed by atoms with E-state index in [0.717, 1.165) is 0 Å². The molecule has 2 aliphatic heterocycles. The SMILES string of the molecule is C=Cc1cc([N+](=O)[O-])cc2c1OC1(C=C2)[Se]c2cc(N(C)C)c(C)cc2N1C. The average molecular weight is 442 g/mol. The van der Waals surface area contributed by atoms with Gasteiger partial charge in [0.1, 0.15) is 0 Å². The molecule has 2 heterocycles. The number of rotatable bonds is 3. The van der Waals surface area contributed by atoms with Crippen molar-refractivity contribution in [3.05, 3.63) is 63.7 Å². The molecule has 144 valence electrons. The van der Waals surface area contributed by atoms with Gasteiger partial charge < -0.3 is 0 Å². The molecule has 1 spiro atoms. The van der Waals surface area contributed by atoms with Crippen LogP contribution < -0.4 is 19.0 Å². The van der Waals surface area contributed by atoms with E-state index in [1.165, 1.54) is 27.5 Å². The van der Waals surface area contributed by atoms with Crippen molar-refractivity contribution in [1.82, 2.24) is 0 Å². The fourth-order valence-corrected chi connectivity index (χ4v) is 6.34. The number of benzene rings is 2. The Morgan fingerprint density at radius 1 is 1.32 bits per heavy atom. The van der Waals surface area contributed by atoms with E-state index in [0.29, 0.717) is 16.9 Å². The molecule has 6 nitrogen and oxygen atoms in total. The summed E-state index contributed by atoms with van der Waals surface area (Å²) in [6, 6.07) is 7.52. The van der Waals surface area contributed by atoms with Gasteiger partial charge in [-0.3, -0.25) is 0 Å². The molecule has 0 radical (unpaired) electrons. The summed E-state index contributed by atoms with van der Waals surface area (Å²) >= 11 is 0.00392. The Balaban J connectivity index is 1.79. The van der Waals surface area contributed by atoms with Crippen LogP contribution in [0.5, 0.6) is 5.75 Å². The average Bonchev–Trinajstić information content (AvgIpc) is 2.91. The monoisotopic (exact) mass is 443 g/mol. The van der Waals surface area contributed by atoms with Crippen LogP contribution >= 0.6 is 0 Å². The zero-order chi connectivity index (χ0) is 20.2. The molecule has 1 unspecified atom stereocenters. The summed E-state index contributed by atoms with van der Waals surface area (Å²) in [7, 11) is 6.13. The van der Waals surface area contributed by atoms with Crippen molar-refractivity contribution in [1.29, 1.82) is 0 Å². The second-order valence-corrected chi connectivity index (χ2v) is 9.72. The van der Waals surface area contributed by atoms with Crippen LogP contribution in [0.2, 0.25) is 0 Å². The summed E-state index contributed by atoms with van der Waals surface area (Å²) < 4.78 is 7.22. The summed E-state index contributed by atoms with van der Waals surface area (Å²) in [5, 5.41) is 11.2. The van der Waals surface area contributed by atoms with Gasteiger partial charge in [-0.25, -0.2) is 0 Å². The minimum absolute atomic E-state index is 0.00392. The van der Waals surface area contributed by atoms with Gasteiger partial charge in [0, 0.05) is 0 Å². The third kappa shape index (κ3) is 2.70. The predicted molar refractivity (Wildman–Crippen MR) is 115 cm³/mol. The van der Waals surface area contributed by atoms with Gasteiger partial charge in [-0.2, -0.15) is 0 Å². The Morgan fingerprint density at radius 2 is 2.07 bits per heavy atom. The number of likely N-dealkylation sites (N-methyl/N-ethyl adjacent to an activating group) is 1. The topological polar surface area (TPSA) is 58.9 Å². The fourth-order valence-electron chi connectivity index (χ4n) is 3.65. The number of anilines is 2. The first-order chi connectivity index (χ1) is 13.3. The number of nitro benzene ring substituents is 1. The molecule has 2 aromatic carbocycles. The molecule has 0 bridgehead atoms. The molecule has 28 heavy (non-hydrogen) atoms. The second-order valence-electron chi connectivity index (χ2n) is 7.14. The third-order valence-corrected chi connectivity index (χ3v) is 7.92. The van der Waals surface area contributed by atoms with Gasteiger partial charge in [-0.05, 0) is 0 Å². The Kier molecular flexibility index (Phi) is 4.25. The first-order valence-electron chi connectivity index (χ1n) is 8.83. The number of fused-ring (bicyclic) bond motifs is 2. The Labute approximate surface area is 170 Å². The molecule has 2 aliphatic rings. The van der Waals surface area contributed by atoms with Crippen molar-refractivity contribution < 1.29 is 9.66 Å². The van der Waals surface area contributed by atoms with Gasteiger partial charge in [0.2, 0.25) is 0 Å². The molecule has 7 heteroatoms. The van der Waals surface area contributed by atoms with Crippen molar-refractivity contribution in [3.8, 4) is 5.75 Å². The second kappa shape index (κ2) is 6.40. The Morgan fingerprint density at radius 3 is 2.71 bits per heavy atom. The number of aryl methyl sites for hydroxylation is 1. The van der Waals surface area contributed by atoms with Crippen LogP contribution in [0.25, 0.3) is 12.2 Å². The summed E-state index contributed by atoms with van der Waals surface area (Å²) in [4.78, 5) is 15.1. The number of hydrogen-bond donors (Lipinski definition) is 0. The van der Waals surface area contributed by atoms with E-state index in [9.17, 15) is 10.1 Å². The molecule has 4 rings (SSSR count). The van der Waals surface area contributed by atoms with E-state index in [4.69, 9.17) is 4.74 Å². The maximum atomic E-state index is 11.2. The van der Waals surface area contributed by atoms with Crippen LogP contribution in [0, 0.1) is 17.0 Å². The van der Waals surface area contributed by atoms with Gasteiger partial charge in [0.25, 0.3) is 0 Å². The van der Waals surface area contributed by atoms with Crippen molar-refractivity contribution >= 4 is 48.6 Å². The van der Waals surface area contributed by atoms with Crippen LogP contribution in [-0.2, 0) is 0 Å². The minimum atomic E-state index is -0.590. The zero-order valence-electron chi connectivity index (χ0n) is 16.2. The summed E-state index contributed by atoms with van der Waals surface area (Å²) in [5.74, 6) is 0.647. The molecule has 0 aliphatic carbocycles. The van der Waals surface area contributed by atoms with Crippen LogP contribution in [0.15, 0.2) is 36.9 Å². The Hall–Kier alpha value is -2.76. The standard InChI is InChI=1S/C21H21N3O3Se/c1-6-14-10-16(24(25)26)11-15-7-8-21(27-20(14)15)23(5)18-9-13(2)17(22(3)4)12-19(18)28-21/h6-12H,1H2,2-5H3. The van der Waals surface area contributed by atoms with Crippen molar-refractivity contribution in [2.24, 2.45) is 0 Å². The maximum absolute atomic E-state index is 11.2. The molecule has 2 aromatic rings. The summed E-state index contributed by atoms with van der Waals surface area (Å²) in [6.45, 7) is 5.93. The molecule has 0 saturated heterocycles. The van der Waals surface area contributed by atoms with Gasteiger partial charge >= 0.3 is 170 Å². The van der Waals surface area contributed by atoms with Crippen LogP contribution in [0.4, 0.5) is 17.1 Å². The van der Waals surface area contributed by atoms with Crippen molar-refractivity contribution in [2.75, 3.05) is 30.9 Å².